The summed E-state index contributed by atoms with van der Waals surface area (Å²) in [6.07, 6.45) is 0.587. The quantitative estimate of drug-likeness (QED) is 0.629. The number of imidazole rings is 1. The molecule has 0 aromatic carbocycles. The van der Waals surface area contributed by atoms with Gasteiger partial charge in [0, 0.05) is 0 Å². The van der Waals surface area contributed by atoms with Gasteiger partial charge in [-0.05, 0) is 13.8 Å². The van der Waals surface area contributed by atoms with Crippen LogP contribution in [0, 0.1) is 0 Å². The highest BCUT2D eigenvalue weighted by Crippen LogP contribution is 2.16. The van der Waals surface area contributed by atoms with Crippen LogP contribution in [0.3, 0.4) is 0 Å². The van der Waals surface area contributed by atoms with Crippen LogP contribution in [0.2, 0.25) is 0 Å². The van der Waals surface area contributed by atoms with E-state index in [1.807, 2.05) is 0 Å². The third kappa shape index (κ3) is 3.64. The minimum atomic E-state index is -1.84. The lowest BCUT2D eigenvalue weighted by atomic mass is 10.4. The molecule has 5 N–H and O–H groups in total. The SMILES string of the molecule is CC(COS(N)=O)OC(C)n1cnc2c(=O)[nH]c(N)nc21. The summed E-state index contributed by atoms with van der Waals surface area (Å²) in [5.41, 5.74) is 5.59. The van der Waals surface area contributed by atoms with Crippen LogP contribution in [0.4, 0.5) is 5.95 Å². The first-order chi connectivity index (χ1) is 9.88. The third-order valence-corrected chi connectivity index (χ3v) is 3.06. The van der Waals surface area contributed by atoms with Crippen molar-refractivity contribution >= 4 is 28.4 Å². The Labute approximate surface area is 122 Å². The van der Waals surface area contributed by atoms with Gasteiger partial charge in [0.25, 0.3) is 5.56 Å². The molecule has 2 aromatic heterocycles. The molecule has 0 saturated carbocycles. The highest BCUT2D eigenvalue weighted by Gasteiger charge is 2.16. The second-order valence-corrected chi connectivity index (χ2v) is 5.12. The number of nitrogen functional groups attached to an aromatic ring is 1. The number of aromatic nitrogens is 4. The molecule has 116 valence electrons. The van der Waals surface area contributed by atoms with Crippen LogP contribution in [-0.2, 0) is 20.2 Å². The lowest BCUT2D eigenvalue weighted by Gasteiger charge is -2.19. The average Bonchev–Trinajstić information content (AvgIpc) is 2.80. The molecule has 0 fully saturated rings. The second kappa shape index (κ2) is 6.30. The van der Waals surface area contributed by atoms with Gasteiger partial charge in [-0.15, -0.1) is 0 Å². The molecular formula is C10H16N6O4S. The van der Waals surface area contributed by atoms with Gasteiger partial charge in [-0.2, -0.15) is 4.98 Å². The van der Waals surface area contributed by atoms with Crippen molar-refractivity contribution in [2.45, 2.75) is 26.2 Å². The van der Waals surface area contributed by atoms with Crippen molar-refractivity contribution in [3.63, 3.8) is 0 Å². The molecule has 0 saturated heterocycles. The average molecular weight is 316 g/mol. The van der Waals surface area contributed by atoms with Crippen molar-refractivity contribution in [3.8, 4) is 0 Å². The van der Waals surface area contributed by atoms with E-state index in [0.717, 1.165) is 0 Å². The van der Waals surface area contributed by atoms with Crippen molar-refractivity contribution in [3.05, 3.63) is 16.7 Å². The first-order valence-electron chi connectivity index (χ1n) is 6.05. The maximum Gasteiger partial charge on any atom is 0.280 e. The van der Waals surface area contributed by atoms with Crippen LogP contribution in [0.5, 0.6) is 0 Å². The Hall–Kier alpha value is -1.82. The number of ether oxygens (including phenoxy) is 1. The maximum atomic E-state index is 11.7. The highest BCUT2D eigenvalue weighted by molar-refractivity contribution is 7.77. The topological polar surface area (TPSA) is 151 Å². The summed E-state index contributed by atoms with van der Waals surface area (Å²) in [7, 11) is 0. The van der Waals surface area contributed by atoms with Gasteiger partial charge in [0.05, 0.1) is 19.0 Å². The van der Waals surface area contributed by atoms with Gasteiger partial charge in [0.2, 0.25) is 17.2 Å². The van der Waals surface area contributed by atoms with Crippen LogP contribution < -0.4 is 16.4 Å². The lowest BCUT2D eigenvalue weighted by molar-refractivity contribution is -0.0482. The molecule has 0 aliphatic carbocycles. The number of hydrogen-bond donors (Lipinski definition) is 3. The first kappa shape index (κ1) is 15.6. The van der Waals surface area contributed by atoms with Gasteiger partial charge >= 0.3 is 0 Å². The van der Waals surface area contributed by atoms with Gasteiger partial charge in [0.1, 0.15) is 6.23 Å². The molecule has 0 radical (unpaired) electrons. The number of nitrogens with two attached hydrogens (primary N) is 2. The number of aromatic amines is 1. The predicted molar refractivity (Wildman–Crippen MR) is 76.1 cm³/mol. The molecule has 0 spiro atoms. The van der Waals surface area contributed by atoms with Gasteiger partial charge in [-0.3, -0.25) is 18.5 Å². The fourth-order valence-electron chi connectivity index (χ4n) is 1.81. The van der Waals surface area contributed by atoms with E-state index in [-0.39, 0.29) is 24.2 Å². The Morgan fingerprint density at radius 3 is 2.90 bits per heavy atom. The smallest absolute Gasteiger partial charge is 0.280 e. The Bertz CT molecular complexity index is 713. The number of fused-ring (bicyclic) bond motifs is 1. The zero-order valence-electron chi connectivity index (χ0n) is 11.5. The molecule has 0 aliphatic heterocycles. The third-order valence-electron chi connectivity index (χ3n) is 2.69. The molecule has 3 unspecified atom stereocenters. The lowest BCUT2D eigenvalue weighted by Crippen LogP contribution is -2.23. The van der Waals surface area contributed by atoms with Crippen LogP contribution in [0.25, 0.3) is 11.2 Å². The summed E-state index contributed by atoms with van der Waals surface area (Å²) in [6, 6.07) is 0. The monoisotopic (exact) mass is 316 g/mol. The molecule has 0 aliphatic rings. The highest BCUT2D eigenvalue weighted by atomic mass is 32.2. The Morgan fingerprint density at radius 2 is 2.24 bits per heavy atom. The van der Waals surface area contributed by atoms with Gasteiger partial charge < -0.3 is 10.5 Å². The molecule has 2 aromatic rings. The van der Waals surface area contributed by atoms with Crippen LogP contribution in [0.15, 0.2) is 11.1 Å². The molecule has 11 heteroatoms. The fraction of sp³-hybridized carbons (Fsp3) is 0.500. The van der Waals surface area contributed by atoms with Crippen LogP contribution in [0.1, 0.15) is 20.1 Å². The van der Waals surface area contributed by atoms with Crippen molar-refractivity contribution in [1.29, 1.82) is 0 Å². The molecule has 2 heterocycles. The zero-order chi connectivity index (χ0) is 15.6. The Kier molecular flexibility index (Phi) is 4.67. The fourth-order valence-corrected chi connectivity index (χ4v) is 2.14. The van der Waals surface area contributed by atoms with Crippen molar-refractivity contribution < 1.29 is 13.1 Å². The number of hydrogen-bond acceptors (Lipinski definition) is 7. The van der Waals surface area contributed by atoms with E-state index in [2.05, 4.69) is 15.0 Å². The van der Waals surface area contributed by atoms with Crippen LogP contribution >= 0.6 is 0 Å². The van der Waals surface area contributed by atoms with Crippen molar-refractivity contribution in [1.82, 2.24) is 19.5 Å². The van der Waals surface area contributed by atoms with E-state index in [4.69, 9.17) is 19.8 Å². The minimum absolute atomic E-state index is 0.00337. The molecular weight excluding hydrogens is 300 g/mol. The normalized spacial score (nSPS) is 16.0. The van der Waals surface area contributed by atoms with Crippen LogP contribution in [-0.4, -0.2) is 36.4 Å². The Balaban J connectivity index is 2.18. The molecule has 3 atom stereocenters. The number of rotatable bonds is 6. The number of nitrogens with one attached hydrogen (secondary N) is 1. The van der Waals surface area contributed by atoms with Crippen molar-refractivity contribution in [2.75, 3.05) is 12.3 Å². The Morgan fingerprint density at radius 1 is 1.52 bits per heavy atom. The molecule has 2 rings (SSSR count). The van der Waals surface area contributed by atoms with Gasteiger partial charge in [0.15, 0.2) is 11.2 Å². The van der Waals surface area contributed by atoms with E-state index < -0.39 is 23.1 Å². The number of anilines is 1. The van der Waals surface area contributed by atoms with Gasteiger partial charge in [-0.25, -0.2) is 14.3 Å². The summed E-state index contributed by atoms with van der Waals surface area (Å²) in [6.45, 7) is 3.55. The van der Waals surface area contributed by atoms with E-state index in [1.165, 1.54) is 6.33 Å². The maximum absolute atomic E-state index is 11.7. The number of H-pyrrole nitrogens is 1. The molecule has 0 amide bonds. The van der Waals surface area contributed by atoms with E-state index >= 15 is 0 Å². The largest absolute Gasteiger partial charge is 0.369 e. The summed E-state index contributed by atoms with van der Waals surface area (Å²) in [5, 5.41) is 4.99. The standard InChI is InChI=1S/C10H16N6O4S/c1-5(3-19-21(12)18)20-6(2)16-4-13-7-8(16)14-10(11)15-9(7)17/h4-6H,3,12H2,1-2H3,(H3,11,14,15,17). The van der Waals surface area contributed by atoms with Gasteiger partial charge in [-0.1, -0.05) is 0 Å². The molecule has 21 heavy (non-hydrogen) atoms. The van der Waals surface area contributed by atoms with E-state index in [0.29, 0.717) is 5.65 Å². The summed E-state index contributed by atoms with van der Waals surface area (Å²) in [4.78, 5) is 22.1. The molecule has 0 bridgehead atoms. The zero-order valence-corrected chi connectivity index (χ0v) is 12.3. The minimum Gasteiger partial charge on any atom is -0.369 e. The second-order valence-electron chi connectivity index (χ2n) is 4.37. The molecule has 10 nitrogen and oxygen atoms in total. The number of nitrogens with zero attached hydrogens (tertiary/aromatic N) is 3. The predicted octanol–water partition coefficient (Wildman–Crippen LogP) is -0.821. The van der Waals surface area contributed by atoms with Crippen molar-refractivity contribution in [2.24, 2.45) is 5.14 Å². The van der Waals surface area contributed by atoms with E-state index in [9.17, 15) is 9.00 Å². The summed E-state index contributed by atoms with van der Waals surface area (Å²) in [5.74, 6) is -0.00337. The van der Waals surface area contributed by atoms with E-state index in [1.54, 1.807) is 18.4 Å². The first-order valence-corrected chi connectivity index (χ1v) is 7.19. The summed E-state index contributed by atoms with van der Waals surface area (Å²) >= 11 is -1.84. The summed E-state index contributed by atoms with van der Waals surface area (Å²) < 4.78 is 22.6.